The lowest BCUT2D eigenvalue weighted by Crippen LogP contribution is -1.98. The van der Waals surface area contributed by atoms with Crippen molar-refractivity contribution in [2.45, 2.75) is 13.3 Å². The SMILES string of the molecule is CCc1c(F)cnnc1F. The van der Waals surface area contributed by atoms with Crippen LogP contribution in [0.1, 0.15) is 12.5 Å². The lowest BCUT2D eigenvalue weighted by molar-refractivity contribution is 0.507. The number of nitrogens with zero attached hydrogens (tertiary/aromatic N) is 2. The second-order valence-electron chi connectivity index (χ2n) is 1.82. The highest BCUT2D eigenvalue weighted by Gasteiger charge is 2.06. The highest BCUT2D eigenvalue weighted by atomic mass is 19.1. The molecule has 1 aromatic heterocycles. The fraction of sp³-hybridized carbons (Fsp3) is 0.333. The molecule has 0 aliphatic rings. The first-order chi connectivity index (χ1) is 4.75. The van der Waals surface area contributed by atoms with Gasteiger partial charge in [-0.2, -0.15) is 9.49 Å². The van der Waals surface area contributed by atoms with Gasteiger partial charge in [-0.15, -0.1) is 5.10 Å². The predicted molar refractivity (Wildman–Crippen MR) is 31.3 cm³/mol. The van der Waals surface area contributed by atoms with Crippen LogP contribution in [0.25, 0.3) is 0 Å². The Morgan fingerprint density at radius 3 is 2.60 bits per heavy atom. The second-order valence-corrected chi connectivity index (χ2v) is 1.82. The Kier molecular flexibility index (Phi) is 1.89. The number of hydrogen-bond acceptors (Lipinski definition) is 2. The van der Waals surface area contributed by atoms with Crippen LogP contribution in [0.5, 0.6) is 0 Å². The molecule has 54 valence electrons. The Balaban J connectivity index is 3.17. The van der Waals surface area contributed by atoms with Crippen LogP contribution >= 0.6 is 0 Å². The first-order valence-corrected chi connectivity index (χ1v) is 2.91. The minimum atomic E-state index is -0.817. The van der Waals surface area contributed by atoms with Crippen LogP contribution in [0.2, 0.25) is 0 Å². The Morgan fingerprint density at radius 2 is 2.20 bits per heavy atom. The maximum atomic E-state index is 12.5. The van der Waals surface area contributed by atoms with Crippen molar-refractivity contribution in [3.63, 3.8) is 0 Å². The van der Waals surface area contributed by atoms with E-state index in [-0.39, 0.29) is 5.56 Å². The highest BCUT2D eigenvalue weighted by molar-refractivity contribution is 5.09. The molecule has 0 aromatic carbocycles. The molecule has 0 fully saturated rings. The maximum Gasteiger partial charge on any atom is 0.239 e. The van der Waals surface area contributed by atoms with Crippen LogP contribution in [-0.4, -0.2) is 10.2 Å². The average Bonchev–Trinajstić information content (AvgIpc) is 1.88. The summed E-state index contributed by atoms with van der Waals surface area (Å²) < 4.78 is 24.9. The van der Waals surface area contributed by atoms with Crippen molar-refractivity contribution in [3.8, 4) is 0 Å². The monoisotopic (exact) mass is 144 g/mol. The summed E-state index contributed by atoms with van der Waals surface area (Å²) in [5, 5.41) is 6.15. The van der Waals surface area contributed by atoms with Gasteiger partial charge >= 0.3 is 0 Å². The van der Waals surface area contributed by atoms with E-state index in [9.17, 15) is 8.78 Å². The van der Waals surface area contributed by atoms with Gasteiger partial charge in [0.25, 0.3) is 0 Å². The van der Waals surface area contributed by atoms with Crippen LogP contribution in [-0.2, 0) is 6.42 Å². The molecule has 0 amide bonds. The summed E-state index contributed by atoms with van der Waals surface area (Å²) in [7, 11) is 0. The third-order valence-electron chi connectivity index (χ3n) is 1.21. The molecule has 2 nitrogen and oxygen atoms in total. The van der Waals surface area contributed by atoms with Gasteiger partial charge < -0.3 is 0 Å². The fourth-order valence-electron chi connectivity index (χ4n) is 0.682. The molecule has 0 N–H and O–H groups in total. The molecule has 0 aliphatic carbocycles. The largest absolute Gasteiger partial charge is 0.239 e. The molecule has 1 rings (SSSR count). The standard InChI is InChI=1S/C6H6F2N2/c1-2-4-5(7)3-9-10-6(4)8/h3H,2H2,1H3. The molecule has 1 aromatic rings. The molecule has 0 saturated carbocycles. The van der Waals surface area contributed by atoms with E-state index in [2.05, 4.69) is 10.2 Å². The first-order valence-electron chi connectivity index (χ1n) is 2.91. The van der Waals surface area contributed by atoms with E-state index in [1.807, 2.05) is 0 Å². The Labute approximate surface area is 56.9 Å². The molecule has 0 spiro atoms. The third kappa shape index (κ3) is 1.10. The van der Waals surface area contributed by atoms with Gasteiger partial charge in [-0.25, -0.2) is 4.39 Å². The van der Waals surface area contributed by atoms with Crippen LogP contribution in [0.4, 0.5) is 8.78 Å². The van der Waals surface area contributed by atoms with E-state index >= 15 is 0 Å². The van der Waals surface area contributed by atoms with E-state index in [1.54, 1.807) is 6.92 Å². The van der Waals surface area contributed by atoms with Crippen LogP contribution in [0, 0.1) is 11.8 Å². The Bertz CT molecular complexity index is 217. The van der Waals surface area contributed by atoms with Gasteiger partial charge in [0, 0.05) is 5.56 Å². The second kappa shape index (κ2) is 2.68. The normalized spacial score (nSPS) is 9.90. The predicted octanol–water partition coefficient (Wildman–Crippen LogP) is 1.32. The molecular formula is C6H6F2N2. The highest BCUT2D eigenvalue weighted by Crippen LogP contribution is 2.07. The van der Waals surface area contributed by atoms with Gasteiger partial charge in [-0.3, -0.25) is 0 Å². The molecule has 10 heavy (non-hydrogen) atoms. The van der Waals surface area contributed by atoms with E-state index in [0.29, 0.717) is 6.42 Å². The van der Waals surface area contributed by atoms with Crippen molar-refractivity contribution in [1.29, 1.82) is 0 Å². The Hall–Kier alpha value is -1.06. The fourth-order valence-corrected chi connectivity index (χ4v) is 0.682. The summed E-state index contributed by atoms with van der Waals surface area (Å²) in [6, 6.07) is 0. The first kappa shape index (κ1) is 7.05. The van der Waals surface area contributed by atoms with E-state index in [4.69, 9.17) is 0 Å². The number of rotatable bonds is 1. The molecular weight excluding hydrogens is 138 g/mol. The summed E-state index contributed by atoms with van der Waals surface area (Å²) in [5.41, 5.74) is -0.00463. The van der Waals surface area contributed by atoms with E-state index < -0.39 is 11.8 Å². The lowest BCUT2D eigenvalue weighted by atomic mass is 10.2. The average molecular weight is 144 g/mol. The maximum absolute atomic E-state index is 12.5. The molecule has 1 heterocycles. The van der Waals surface area contributed by atoms with Crippen molar-refractivity contribution in [3.05, 3.63) is 23.5 Å². The number of halogens is 2. The summed E-state index contributed by atoms with van der Waals surface area (Å²) in [4.78, 5) is 0. The molecule has 0 radical (unpaired) electrons. The van der Waals surface area contributed by atoms with Gasteiger partial charge in [0.2, 0.25) is 5.95 Å². The lowest BCUT2D eigenvalue weighted by Gasteiger charge is -1.96. The van der Waals surface area contributed by atoms with Crippen molar-refractivity contribution >= 4 is 0 Å². The molecule has 4 heteroatoms. The van der Waals surface area contributed by atoms with Crippen molar-refractivity contribution < 1.29 is 8.78 Å². The molecule has 0 saturated heterocycles. The summed E-state index contributed by atoms with van der Waals surface area (Å²) >= 11 is 0. The topological polar surface area (TPSA) is 25.8 Å². The molecule has 0 aliphatic heterocycles. The van der Waals surface area contributed by atoms with Crippen LogP contribution in [0.3, 0.4) is 0 Å². The zero-order valence-corrected chi connectivity index (χ0v) is 5.43. The van der Waals surface area contributed by atoms with Crippen molar-refractivity contribution in [2.75, 3.05) is 0 Å². The van der Waals surface area contributed by atoms with Crippen LogP contribution in [0.15, 0.2) is 6.20 Å². The quantitative estimate of drug-likeness (QED) is 0.594. The van der Waals surface area contributed by atoms with E-state index in [0.717, 1.165) is 6.20 Å². The smallest absolute Gasteiger partial charge is 0.205 e. The molecule has 0 unspecified atom stereocenters. The van der Waals surface area contributed by atoms with Gasteiger partial charge in [-0.1, -0.05) is 6.92 Å². The van der Waals surface area contributed by atoms with Crippen LogP contribution < -0.4 is 0 Å². The minimum absolute atomic E-state index is 0.00463. The van der Waals surface area contributed by atoms with Gasteiger partial charge in [-0.05, 0) is 6.42 Å². The van der Waals surface area contributed by atoms with E-state index in [1.165, 1.54) is 0 Å². The van der Waals surface area contributed by atoms with Gasteiger partial charge in [0.05, 0.1) is 6.20 Å². The molecule has 0 bridgehead atoms. The van der Waals surface area contributed by atoms with Gasteiger partial charge in [0.15, 0.2) is 5.82 Å². The Morgan fingerprint density at radius 1 is 1.50 bits per heavy atom. The summed E-state index contributed by atoms with van der Waals surface area (Å²) in [5.74, 6) is -1.45. The third-order valence-corrected chi connectivity index (χ3v) is 1.21. The minimum Gasteiger partial charge on any atom is -0.205 e. The zero-order chi connectivity index (χ0) is 7.56. The number of hydrogen-bond donors (Lipinski definition) is 0. The molecule has 0 atom stereocenters. The van der Waals surface area contributed by atoms with Gasteiger partial charge in [0.1, 0.15) is 0 Å². The summed E-state index contributed by atoms with van der Waals surface area (Å²) in [6.07, 6.45) is 1.20. The number of aromatic nitrogens is 2. The summed E-state index contributed by atoms with van der Waals surface area (Å²) in [6.45, 7) is 1.66. The van der Waals surface area contributed by atoms with Crippen molar-refractivity contribution in [2.24, 2.45) is 0 Å². The van der Waals surface area contributed by atoms with Crippen molar-refractivity contribution in [1.82, 2.24) is 10.2 Å². The zero-order valence-electron chi connectivity index (χ0n) is 5.43.